The Morgan fingerprint density at radius 1 is 1.04 bits per heavy atom. The summed E-state index contributed by atoms with van der Waals surface area (Å²) in [6, 6.07) is 17.3. The summed E-state index contributed by atoms with van der Waals surface area (Å²) in [7, 11) is 0. The molecule has 6 heteroatoms. The molecule has 1 aliphatic heterocycles. The topological polar surface area (TPSA) is 69.3 Å². The molecule has 1 fully saturated rings. The van der Waals surface area contributed by atoms with E-state index in [9.17, 15) is 9.59 Å². The van der Waals surface area contributed by atoms with Crippen molar-refractivity contribution in [3.8, 4) is 0 Å². The molecule has 3 aromatic rings. The molecule has 2 amide bonds. The molecule has 1 aliphatic rings. The van der Waals surface area contributed by atoms with Gasteiger partial charge in [0.25, 0.3) is 5.91 Å². The van der Waals surface area contributed by atoms with Crippen molar-refractivity contribution in [2.24, 2.45) is 0 Å². The zero-order chi connectivity index (χ0) is 18.1. The standard InChI is InChI=1S/C20H20N4O2/c1-14(25)24-12-11-23(13-18(24)15-7-3-2-4-8-15)20(26)19-16-9-5-6-10-17(16)21-22-19/h2-10,18H,11-13H2,1H3,(H,21,22). The van der Waals surface area contributed by atoms with Crippen LogP contribution in [0, 0.1) is 0 Å². The Bertz CT molecular complexity index is 951. The average molecular weight is 348 g/mol. The molecule has 1 saturated heterocycles. The Kier molecular flexibility index (Phi) is 4.16. The molecule has 1 unspecified atom stereocenters. The fraction of sp³-hybridized carbons (Fsp3) is 0.250. The second-order valence-corrected chi connectivity index (χ2v) is 6.51. The minimum Gasteiger partial charge on any atom is -0.333 e. The number of carbonyl (C=O) groups is 2. The number of carbonyl (C=O) groups excluding carboxylic acids is 2. The maximum atomic E-state index is 13.1. The molecular formula is C20H20N4O2. The van der Waals surface area contributed by atoms with Crippen LogP contribution < -0.4 is 0 Å². The van der Waals surface area contributed by atoms with Gasteiger partial charge in [-0.1, -0.05) is 48.5 Å². The highest BCUT2D eigenvalue weighted by atomic mass is 16.2. The van der Waals surface area contributed by atoms with Gasteiger partial charge in [0, 0.05) is 31.9 Å². The highest BCUT2D eigenvalue weighted by Gasteiger charge is 2.33. The van der Waals surface area contributed by atoms with Crippen molar-refractivity contribution in [2.75, 3.05) is 19.6 Å². The van der Waals surface area contributed by atoms with Gasteiger partial charge >= 0.3 is 0 Å². The average Bonchev–Trinajstić information content (AvgIpc) is 3.11. The second kappa shape index (κ2) is 6.63. The van der Waals surface area contributed by atoms with Crippen LogP contribution >= 0.6 is 0 Å². The zero-order valence-corrected chi connectivity index (χ0v) is 14.6. The lowest BCUT2D eigenvalue weighted by atomic mass is 10.0. The number of aromatic nitrogens is 2. The van der Waals surface area contributed by atoms with Gasteiger partial charge in [0.05, 0.1) is 11.6 Å². The maximum Gasteiger partial charge on any atom is 0.275 e. The van der Waals surface area contributed by atoms with E-state index in [4.69, 9.17) is 0 Å². The summed E-state index contributed by atoms with van der Waals surface area (Å²) in [5.74, 6) is -0.0808. The SMILES string of the molecule is CC(=O)N1CCN(C(=O)c2n[nH]c3ccccc23)CC1c1ccccc1. The van der Waals surface area contributed by atoms with E-state index < -0.39 is 0 Å². The number of para-hydroxylation sites is 1. The van der Waals surface area contributed by atoms with Gasteiger partial charge in [0.2, 0.25) is 5.91 Å². The molecule has 4 rings (SSSR count). The Hall–Kier alpha value is -3.15. The van der Waals surface area contributed by atoms with E-state index in [0.717, 1.165) is 16.5 Å². The molecule has 26 heavy (non-hydrogen) atoms. The molecule has 0 spiro atoms. The van der Waals surface area contributed by atoms with Crippen molar-refractivity contribution in [1.82, 2.24) is 20.0 Å². The third-order valence-corrected chi connectivity index (χ3v) is 4.93. The molecule has 132 valence electrons. The highest BCUT2D eigenvalue weighted by Crippen LogP contribution is 2.27. The van der Waals surface area contributed by atoms with Crippen LogP contribution in [0.25, 0.3) is 10.9 Å². The number of hydrogen-bond acceptors (Lipinski definition) is 3. The predicted molar refractivity (Wildman–Crippen MR) is 98.6 cm³/mol. The summed E-state index contributed by atoms with van der Waals surface area (Å²) >= 11 is 0. The van der Waals surface area contributed by atoms with E-state index in [-0.39, 0.29) is 17.9 Å². The minimum absolute atomic E-state index is 0.0242. The fourth-order valence-corrected chi connectivity index (χ4v) is 3.58. The largest absolute Gasteiger partial charge is 0.333 e. The van der Waals surface area contributed by atoms with E-state index >= 15 is 0 Å². The normalized spacial score (nSPS) is 17.5. The van der Waals surface area contributed by atoms with Gasteiger partial charge in [0.1, 0.15) is 0 Å². The summed E-state index contributed by atoms with van der Waals surface area (Å²) in [4.78, 5) is 28.8. The number of nitrogens with zero attached hydrogens (tertiary/aromatic N) is 3. The summed E-state index contributed by atoms with van der Waals surface area (Å²) in [5.41, 5.74) is 2.31. The van der Waals surface area contributed by atoms with Crippen LogP contribution in [0.1, 0.15) is 29.0 Å². The van der Waals surface area contributed by atoms with Gasteiger partial charge in [0.15, 0.2) is 5.69 Å². The molecule has 1 N–H and O–H groups in total. The Morgan fingerprint density at radius 2 is 1.77 bits per heavy atom. The Morgan fingerprint density at radius 3 is 2.54 bits per heavy atom. The number of benzene rings is 2. The summed E-state index contributed by atoms with van der Waals surface area (Å²) in [6.07, 6.45) is 0. The first kappa shape index (κ1) is 16.3. The first-order valence-electron chi connectivity index (χ1n) is 8.69. The van der Waals surface area contributed by atoms with Crippen LogP contribution in [0.15, 0.2) is 54.6 Å². The van der Waals surface area contributed by atoms with E-state index in [1.165, 1.54) is 0 Å². The molecule has 1 atom stereocenters. The van der Waals surface area contributed by atoms with Crippen molar-refractivity contribution < 1.29 is 9.59 Å². The zero-order valence-electron chi connectivity index (χ0n) is 14.6. The number of nitrogens with one attached hydrogen (secondary N) is 1. The number of fused-ring (bicyclic) bond motifs is 1. The molecule has 0 radical (unpaired) electrons. The molecule has 2 aromatic carbocycles. The Balaban J connectivity index is 1.64. The van der Waals surface area contributed by atoms with Crippen LogP contribution in [-0.2, 0) is 4.79 Å². The number of aromatic amines is 1. The van der Waals surface area contributed by atoms with Crippen LogP contribution in [0.2, 0.25) is 0 Å². The van der Waals surface area contributed by atoms with Gasteiger partial charge in [-0.05, 0) is 11.6 Å². The van der Waals surface area contributed by atoms with Crippen LogP contribution in [0.3, 0.4) is 0 Å². The van der Waals surface area contributed by atoms with Crippen molar-refractivity contribution >= 4 is 22.7 Å². The quantitative estimate of drug-likeness (QED) is 0.774. The molecule has 0 saturated carbocycles. The third kappa shape index (κ3) is 2.83. The minimum atomic E-state index is -0.142. The number of hydrogen-bond donors (Lipinski definition) is 1. The predicted octanol–water partition coefficient (Wildman–Crippen LogP) is 2.61. The lowest BCUT2D eigenvalue weighted by molar-refractivity contribution is -0.133. The smallest absolute Gasteiger partial charge is 0.275 e. The van der Waals surface area contributed by atoms with E-state index in [2.05, 4.69) is 10.2 Å². The monoisotopic (exact) mass is 348 g/mol. The van der Waals surface area contributed by atoms with Crippen LogP contribution in [-0.4, -0.2) is 51.4 Å². The molecule has 1 aromatic heterocycles. The number of amides is 2. The van der Waals surface area contributed by atoms with Gasteiger partial charge in [-0.25, -0.2) is 0 Å². The molecule has 0 bridgehead atoms. The van der Waals surface area contributed by atoms with Gasteiger partial charge in [-0.2, -0.15) is 5.10 Å². The van der Waals surface area contributed by atoms with Crippen LogP contribution in [0.4, 0.5) is 0 Å². The van der Waals surface area contributed by atoms with Gasteiger partial charge < -0.3 is 9.80 Å². The molecule has 6 nitrogen and oxygen atoms in total. The van der Waals surface area contributed by atoms with Crippen molar-refractivity contribution in [2.45, 2.75) is 13.0 Å². The molecule has 2 heterocycles. The highest BCUT2D eigenvalue weighted by molar-refractivity contribution is 6.04. The second-order valence-electron chi connectivity index (χ2n) is 6.51. The van der Waals surface area contributed by atoms with Crippen molar-refractivity contribution in [1.29, 1.82) is 0 Å². The van der Waals surface area contributed by atoms with E-state index in [0.29, 0.717) is 25.3 Å². The number of rotatable bonds is 2. The maximum absolute atomic E-state index is 13.1. The fourth-order valence-electron chi connectivity index (χ4n) is 3.58. The van der Waals surface area contributed by atoms with E-state index in [1.54, 1.807) is 11.8 Å². The molecular weight excluding hydrogens is 328 g/mol. The van der Waals surface area contributed by atoms with Crippen molar-refractivity contribution in [3.05, 3.63) is 65.9 Å². The summed E-state index contributed by atoms with van der Waals surface area (Å²) in [5, 5.41) is 7.96. The lowest BCUT2D eigenvalue weighted by Gasteiger charge is -2.41. The van der Waals surface area contributed by atoms with Gasteiger partial charge in [-0.3, -0.25) is 14.7 Å². The number of piperazine rings is 1. The van der Waals surface area contributed by atoms with Gasteiger partial charge in [-0.15, -0.1) is 0 Å². The summed E-state index contributed by atoms with van der Waals surface area (Å²) < 4.78 is 0. The summed E-state index contributed by atoms with van der Waals surface area (Å²) in [6.45, 7) is 3.06. The van der Waals surface area contributed by atoms with Crippen molar-refractivity contribution in [3.63, 3.8) is 0 Å². The third-order valence-electron chi connectivity index (χ3n) is 4.93. The molecule has 0 aliphatic carbocycles. The Labute approximate surface area is 151 Å². The first-order valence-corrected chi connectivity index (χ1v) is 8.69. The number of H-pyrrole nitrogens is 1. The first-order chi connectivity index (χ1) is 12.6. The van der Waals surface area contributed by atoms with E-state index in [1.807, 2.05) is 59.5 Å². The van der Waals surface area contributed by atoms with Crippen LogP contribution in [0.5, 0.6) is 0 Å². The lowest BCUT2D eigenvalue weighted by Crippen LogP contribution is -2.51.